The molecule has 246 valence electrons. The summed E-state index contributed by atoms with van der Waals surface area (Å²) in [5.41, 5.74) is 1.72. The van der Waals surface area contributed by atoms with Crippen LogP contribution in [0.1, 0.15) is 43.2 Å². The van der Waals surface area contributed by atoms with Crippen LogP contribution >= 0.6 is 0 Å². The van der Waals surface area contributed by atoms with Gasteiger partial charge in [0.1, 0.15) is 23.6 Å². The number of ether oxygens (including phenoxy) is 2. The summed E-state index contributed by atoms with van der Waals surface area (Å²) in [6, 6.07) is 0.874. The van der Waals surface area contributed by atoms with Crippen molar-refractivity contribution in [1.82, 2.24) is 25.2 Å². The number of anilines is 2. The molecule has 0 spiro atoms. The minimum Gasteiger partial charge on any atom is -0.461 e. The van der Waals surface area contributed by atoms with Crippen LogP contribution in [0.3, 0.4) is 0 Å². The van der Waals surface area contributed by atoms with Gasteiger partial charge < -0.3 is 25.4 Å². The zero-order chi connectivity index (χ0) is 32.6. The number of nitrogens with two attached hydrogens (primary N) is 1. The van der Waals surface area contributed by atoms with Crippen molar-refractivity contribution in [3.8, 4) is 17.3 Å². The zero-order valence-corrected chi connectivity index (χ0v) is 25.7. The lowest BCUT2D eigenvalue weighted by Crippen LogP contribution is -2.61. The predicted molar refractivity (Wildman–Crippen MR) is 163 cm³/mol. The van der Waals surface area contributed by atoms with E-state index in [2.05, 4.69) is 26.8 Å². The fraction of sp³-hybridized carbons (Fsp3) is 0.531. The first-order valence-electron chi connectivity index (χ1n) is 15.4. The van der Waals surface area contributed by atoms with Gasteiger partial charge in [0, 0.05) is 39.0 Å². The molecule has 3 atom stereocenters. The Hall–Kier alpha value is -3.62. The number of pyridine rings is 1. The highest BCUT2D eigenvalue weighted by molar-refractivity contribution is 5.92. The van der Waals surface area contributed by atoms with Gasteiger partial charge in [0.05, 0.1) is 39.9 Å². The summed E-state index contributed by atoms with van der Waals surface area (Å²) in [6.07, 6.45) is 0.610. The first-order valence-corrected chi connectivity index (χ1v) is 15.4. The minimum absolute atomic E-state index is 0.115. The summed E-state index contributed by atoms with van der Waals surface area (Å²) in [6.45, 7) is 8.68. The molecule has 4 aliphatic heterocycles. The second kappa shape index (κ2) is 11.0. The molecule has 2 unspecified atom stereocenters. The number of benzene rings is 1. The van der Waals surface area contributed by atoms with Gasteiger partial charge in [-0.05, 0) is 57.2 Å². The maximum Gasteiger partial charge on any atom is 0.417 e. The van der Waals surface area contributed by atoms with Gasteiger partial charge in [0.15, 0.2) is 11.6 Å². The zero-order valence-electron chi connectivity index (χ0n) is 25.7. The van der Waals surface area contributed by atoms with Crippen LogP contribution in [0.15, 0.2) is 24.4 Å². The molecule has 6 heterocycles. The van der Waals surface area contributed by atoms with Crippen molar-refractivity contribution in [3.05, 3.63) is 47.2 Å². The van der Waals surface area contributed by atoms with Crippen LogP contribution in [0, 0.1) is 18.6 Å². The van der Waals surface area contributed by atoms with E-state index in [1.54, 1.807) is 7.11 Å². The van der Waals surface area contributed by atoms with Crippen LogP contribution in [0.5, 0.6) is 6.01 Å². The fourth-order valence-electron chi connectivity index (χ4n) is 8.14. The number of nitrogens with zero attached hydrogens (tertiary/aromatic N) is 5. The van der Waals surface area contributed by atoms with Crippen molar-refractivity contribution in [1.29, 1.82) is 0 Å². The molecular weight excluding hydrogens is 609 g/mol. The number of nitrogen functional groups attached to an aromatic ring is 1. The largest absolute Gasteiger partial charge is 0.461 e. The summed E-state index contributed by atoms with van der Waals surface area (Å²) in [4.78, 5) is 17.5. The van der Waals surface area contributed by atoms with Crippen molar-refractivity contribution in [2.75, 3.05) is 57.1 Å². The van der Waals surface area contributed by atoms with Crippen molar-refractivity contribution in [3.63, 3.8) is 0 Å². The number of methoxy groups -OCH3 is 1. The quantitative estimate of drug-likeness (QED) is 0.209. The Labute approximate surface area is 263 Å². The van der Waals surface area contributed by atoms with Crippen LogP contribution in [0.2, 0.25) is 0 Å². The van der Waals surface area contributed by atoms with Gasteiger partial charge in [-0.25, -0.2) is 8.78 Å². The molecule has 3 aromatic rings. The van der Waals surface area contributed by atoms with Crippen molar-refractivity contribution in [2.24, 2.45) is 0 Å². The van der Waals surface area contributed by atoms with Gasteiger partial charge in [0.25, 0.3) is 0 Å². The highest BCUT2D eigenvalue weighted by Crippen LogP contribution is 2.45. The van der Waals surface area contributed by atoms with E-state index in [1.807, 2.05) is 4.90 Å². The van der Waals surface area contributed by atoms with Gasteiger partial charge in [-0.1, -0.05) is 12.2 Å². The Morgan fingerprint density at radius 1 is 1.17 bits per heavy atom. The van der Waals surface area contributed by atoms with E-state index in [1.165, 1.54) is 6.20 Å². The van der Waals surface area contributed by atoms with Crippen LogP contribution in [0.4, 0.5) is 33.5 Å². The summed E-state index contributed by atoms with van der Waals surface area (Å²) < 4.78 is 86.5. The van der Waals surface area contributed by atoms with E-state index in [0.717, 1.165) is 63.8 Å². The van der Waals surface area contributed by atoms with E-state index in [9.17, 15) is 13.2 Å². The third kappa shape index (κ3) is 5.05. The molecule has 14 heteroatoms. The number of hydrogen-bond donors (Lipinski definition) is 2. The van der Waals surface area contributed by atoms with E-state index in [0.29, 0.717) is 25.5 Å². The monoisotopic (exact) mass is 645 g/mol. The number of rotatable bonds is 7. The SMILES string of the molecule is C=C1CN2CCC[C@@]2(COc2nc(N3CC4CCC(COC)(C3)N4)c3cnc(-c4c(F)c(N)cc(C)c4C(F)(F)F)c(F)c3n2)C1. The Balaban J connectivity index is 1.38. The standard InChI is InChI=1S/C32H36F5N7O2/c1-17-10-31(6-4-8-44(31)12-17)16-46-29-40-26-20(28(41-29)43-13-19-5-7-30(14-43,42-19)15-45-3)11-39-27(25(26)34)22-23(32(35,36)37)18(2)9-21(38)24(22)33/h9,11,19,42H,1,4-8,10,12-16,38H2,2-3H3/t19?,30?,31-/m0/s1. The third-order valence-electron chi connectivity index (χ3n) is 9.99. The Kier molecular flexibility index (Phi) is 7.40. The topological polar surface area (TPSA) is 102 Å². The summed E-state index contributed by atoms with van der Waals surface area (Å²) in [5, 5.41) is 3.81. The van der Waals surface area contributed by atoms with Crippen LogP contribution in [-0.4, -0.2) is 83.5 Å². The van der Waals surface area contributed by atoms with Crippen molar-refractivity contribution < 1.29 is 31.4 Å². The molecule has 7 rings (SSSR count). The van der Waals surface area contributed by atoms with Crippen molar-refractivity contribution in [2.45, 2.75) is 62.3 Å². The van der Waals surface area contributed by atoms with Gasteiger partial charge in [-0.2, -0.15) is 23.1 Å². The smallest absolute Gasteiger partial charge is 0.417 e. The molecule has 0 amide bonds. The molecule has 9 nitrogen and oxygen atoms in total. The van der Waals surface area contributed by atoms with Gasteiger partial charge in [-0.3, -0.25) is 9.88 Å². The molecule has 3 N–H and O–H groups in total. The fourth-order valence-corrected chi connectivity index (χ4v) is 8.14. The van der Waals surface area contributed by atoms with Crippen LogP contribution in [-0.2, 0) is 10.9 Å². The highest BCUT2D eigenvalue weighted by Gasteiger charge is 2.48. The molecule has 1 aromatic carbocycles. The summed E-state index contributed by atoms with van der Waals surface area (Å²) in [5.74, 6) is -2.29. The molecule has 0 radical (unpaired) electrons. The normalized spacial score (nSPS) is 26.4. The molecule has 4 fully saturated rings. The lowest BCUT2D eigenvalue weighted by Gasteiger charge is -2.41. The lowest BCUT2D eigenvalue weighted by molar-refractivity contribution is -0.137. The van der Waals surface area contributed by atoms with E-state index in [-0.39, 0.29) is 46.2 Å². The first-order chi connectivity index (χ1) is 21.8. The average Bonchev–Trinajstić information content (AvgIpc) is 3.62. The molecule has 0 aliphatic carbocycles. The second-order valence-corrected chi connectivity index (χ2v) is 13.3. The molecule has 4 aliphatic rings. The van der Waals surface area contributed by atoms with Crippen LogP contribution < -0.4 is 20.7 Å². The number of aryl methyl sites for hydroxylation is 1. The highest BCUT2D eigenvalue weighted by atomic mass is 19.4. The minimum atomic E-state index is -5.00. The summed E-state index contributed by atoms with van der Waals surface area (Å²) >= 11 is 0. The molecule has 0 saturated carbocycles. The Bertz CT molecular complexity index is 1730. The molecule has 46 heavy (non-hydrogen) atoms. The Morgan fingerprint density at radius 2 is 1.98 bits per heavy atom. The molecule has 2 aromatic heterocycles. The number of hydrogen-bond acceptors (Lipinski definition) is 9. The summed E-state index contributed by atoms with van der Waals surface area (Å²) in [7, 11) is 1.63. The first kappa shape index (κ1) is 31.0. The number of aromatic nitrogens is 3. The number of halogens is 5. The second-order valence-electron chi connectivity index (χ2n) is 13.3. The van der Waals surface area contributed by atoms with Gasteiger partial charge in [-0.15, -0.1) is 0 Å². The van der Waals surface area contributed by atoms with E-state index < -0.39 is 40.3 Å². The number of nitrogens with one attached hydrogen (secondary N) is 1. The van der Waals surface area contributed by atoms with Crippen molar-refractivity contribution >= 4 is 22.4 Å². The Morgan fingerprint density at radius 3 is 2.74 bits per heavy atom. The maximum absolute atomic E-state index is 16.6. The number of piperazine rings is 1. The van der Waals surface area contributed by atoms with Crippen LogP contribution in [0.25, 0.3) is 22.2 Å². The van der Waals surface area contributed by atoms with Gasteiger partial charge >= 0.3 is 12.2 Å². The molecule has 4 saturated heterocycles. The maximum atomic E-state index is 16.6. The molecule has 2 bridgehead atoms. The van der Waals surface area contributed by atoms with E-state index in [4.69, 9.17) is 20.2 Å². The third-order valence-corrected chi connectivity index (χ3v) is 9.99. The number of fused-ring (bicyclic) bond motifs is 4. The number of alkyl halides is 3. The lowest BCUT2D eigenvalue weighted by atomic mass is 9.94. The average molecular weight is 646 g/mol. The van der Waals surface area contributed by atoms with E-state index >= 15 is 8.78 Å². The van der Waals surface area contributed by atoms with Gasteiger partial charge in [0.2, 0.25) is 0 Å². The predicted octanol–water partition coefficient (Wildman–Crippen LogP) is 5.01. The molecular formula is C32H36F5N7O2.